The van der Waals surface area contributed by atoms with Gasteiger partial charge in [0.05, 0.1) is 11.7 Å². The van der Waals surface area contributed by atoms with E-state index in [4.69, 9.17) is 0 Å². The highest BCUT2D eigenvalue weighted by molar-refractivity contribution is 9.10. The van der Waals surface area contributed by atoms with Crippen molar-refractivity contribution in [3.8, 4) is 0 Å². The molecular weight excluding hydrogens is 352 g/mol. The molecule has 2 rings (SSSR count). The Balaban J connectivity index is 2.33. The summed E-state index contributed by atoms with van der Waals surface area (Å²) in [5.41, 5.74) is -0.700. The molecule has 0 bridgehead atoms. The molecular formula is C15H11BrF4O. The lowest BCUT2D eigenvalue weighted by molar-refractivity contribution is -0.139. The van der Waals surface area contributed by atoms with Crippen LogP contribution < -0.4 is 0 Å². The van der Waals surface area contributed by atoms with Crippen LogP contribution in [0.2, 0.25) is 0 Å². The molecule has 0 aromatic heterocycles. The van der Waals surface area contributed by atoms with Gasteiger partial charge in [0.15, 0.2) is 0 Å². The maximum absolute atomic E-state index is 13.1. The number of hydrogen-bond donors (Lipinski definition) is 1. The van der Waals surface area contributed by atoms with E-state index in [9.17, 15) is 22.7 Å². The Morgan fingerprint density at radius 1 is 1.10 bits per heavy atom. The molecule has 21 heavy (non-hydrogen) atoms. The number of halogens is 5. The van der Waals surface area contributed by atoms with Gasteiger partial charge in [-0.3, -0.25) is 0 Å². The molecule has 2 aromatic rings. The smallest absolute Gasteiger partial charge is 0.388 e. The molecule has 112 valence electrons. The average Bonchev–Trinajstić information content (AvgIpc) is 2.37. The van der Waals surface area contributed by atoms with Crippen molar-refractivity contribution in [1.82, 2.24) is 0 Å². The normalized spacial score (nSPS) is 13.2. The minimum Gasteiger partial charge on any atom is -0.388 e. The predicted molar refractivity (Wildman–Crippen MR) is 74.2 cm³/mol. The largest absolute Gasteiger partial charge is 0.416 e. The van der Waals surface area contributed by atoms with Gasteiger partial charge in [-0.1, -0.05) is 34.1 Å². The predicted octanol–water partition coefficient (Wildman–Crippen LogP) is 4.88. The van der Waals surface area contributed by atoms with Crippen molar-refractivity contribution in [1.29, 1.82) is 0 Å². The molecule has 0 radical (unpaired) electrons. The van der Waals surface area contributed by atoms with E-state index < -0.39 is 23.7 Å². The Kier molecular flexibility index (Phi) is 4.68. The van der Waals surface area contributed by atoms with Gasteiger partial charge in [-0.25, -0.2) is 4.39 Å². The fraction of sp³-hybridized carbons (Fsp3) is 0.200. The molecule has 1 unspecified atom stereocenters. The van der Waals surface area contributed by atoms with E-state index in [1.54, 1.807) is 6.07 Å². The second-order valence-corrected chi connectivity index (χ2v) is 5.49. The molecule has 0 saturated heterocycles. The van der Waals surface area contributed by atoms with Gasteiger partial charge in [-0.2, -0.15) is 13.2 Å². The van der Waals surface area contributed by atoms with Gasteiger partial charge >= 0.3 is 6.18 Å². The second-order valence-electron chi connectivity index (χ2n) is 4.58. The minimum atomic E-state index is -4.57. The van der Waals surface area contributed by atoms with Crippen LogP contribution in [0.25, 0.3) is 0 Å². The first-order valence-corrected chi connectivity index (χ1v) is 6.86. The fourth-order valence-electron chi connectivity index (χ4n) is 2.06. The Bertz CT molecular complexity index is 640. The van der Waals surface area contributed by atoms with Crippen molar-refractivity contribution in [2.75, 3.05) is 0 Å². The molecule has 1 nitrogen and oxygen atoms in total. The lowest BCUT2D eigenvalue weighted by Crippen LogP contribution is -2.13. The van der Waals surface area contributed by atoms with Gasteiger partial charge < -0.3 is 5.11 Å². The molecule has 0 aliphatic rings. The van der Waals surface area contributed by atoms with Crippen LogP contribution >= 0.6 is 15.9 Å². The third-order valence-corrected chi connectivity index (χ3v) is 3.49. The van der Waals surface area contributed by atoms with Crippen molar-refractivity contribution in [2.24, 2.45) is 0 Å². The summed E-state index contributed by atoms with van der Waals surface area (Å²) in [7, 11) is 0. The first-order chi connectivity index (χ1) is 9.77. The average molecular weight is 363 g/mol. The molecule has 0 saturated carbocycles. The SMILES string of the molecule is OC(Cc1cccc(F)c1)c1ccc(Br)cc1C(F)(F)F. The van der Waals surface area contributed by atoms with E-state index in [0.717, 1.165) is 6.07 Å². The number of aliphatic hydroxyl groups is 1. The Morgan fingerprint density at radius 2 is 1.81 bits per heavy atom. The summed E-state index contributed by atoms with van der Waals surface area (Å²) in [5.74, 6) is -0.494. The van der Waals surface area contributed by atoms with Crippen LogP contribution in [0.3, 0.4) is 0 Å². The molecule has 2 aromatic carbocycles. The first-order valence-electron chi connectivity index (χ1n) is 6.06. The van der Waals surface area contributed by atoms with E-state index >= 15 is 0 Å². The summed E-state index contributed by atoms with van der Waals surface area (Å²) >= 11 is 2.98. The molecule has 0 aliphatic carbocycles. The van der Waals surface area contributed by atoms with Gasteiger partial charge in [-0.15, -0.1) is 0 Å². The van der Waals surface area contributed by atoms with Gasteiger partial charge in [0.25, 0.3) is 0 Å². The number of benzene rings is 2. The van der Waals surface area contributed by atoms with Gasteiger partial charge in [0.1, 0.15) is 5.82 Å². The van der Waals surface area contributed by atoms with Gasteiger partial charge in [0.2, 0.25) is 0 Å². The van der Waals surface area contributed by atoms with Crippen molar-refractivity contribution >= 4 is 15.9 Å². The summed E-state index contributed by atoms with van der Waals surface area (Å²) in [5, 5.41) is 10.1. The van der Waals surface area contributed by atoms with E-state index in [2.05, 4.69) is 15.9 Å². The van der Waals surface area contributed by atoms with Crippen LogP contribution in [0.1, 0.15) is 22.8 Å². The maximum atomic E-state index is 13.1. The zero-order valence-electron chi connectivity index (χ0n) is 10.7. The van der Waals surface area contributed by atoms with Crippen LogP contribution in [0, 0.1) is 5.82 Å². The second kappa shape index (κ2) is 6.15. The van der Waals surface area contributed by atoms with Crippen molar-refractivity contribution < 1.29 is 22.7 Å². The van der Waals surface area contributed by atoms with Crippen LogP contribution in [-0.4, -0.2) is 5.11 Å². The molecule has 6 heteroatoms. The van der Waals surface area contributed by atoms with E-state index in [1.807, 2.05) is 0 Å². The summed E-state index contributed by atoms with van der Waals surface area (Å²) < 4.78 is 52.3. The zero-order chi connectivity index (χ0) is 15.6. The molecule has 0 fully saturated rings. The Labute approximate surface area is 127 Å². The molecule has 0 aliphatic heterocycles. The topological polar surface area (TPSA) is 20.2 Å². The lowest BCUT2D eigenvalue weighted by atomic mass is 9.97. The molecule has 1 N–H and O–H groups in total. The number of rotatable bonds is 3. The Hall–Kier alpha value is -1.40. The third kappa shape index (κ3) is 4.04. The van der Waals surface area contributed by atoms with Crippen molar-refractivity contribution in [3.05, 3.63) is 69.4 Å². The number of aliphatic hydroxyl groups excluding tert-OH is 1. The highest BCUT2D eigenvalue weighted by Gasteiger charge is 2.35. The fourth-order valence-corrected chi connectivity index (χ4v) is 2.42. The van der Waals surface area contributed by atoms with Crippen LogP contribution in [-0.2, 0) is 12.6 Å². The van der Waals surface area contributed by atoms with Crippen molar-refractivity contribution in [3.63, 3.8) is 0 Å². The molecule has 1 atom stereocenters. The third-order valence-electron chi connectivity index (χ3n) is 3.00. The van der Waals surface area contributed by atoms with Gasteiger partial charge in [-0.05, 0) is 35.4 Å². The number of alkyl halides is 3. The highest BCUT2D eigenvalue weighted by atomic mass is 79.9. The summed E-state index contributed by atoms with van der Waals surface area (Å²) in [6, 6.07) is 8.99. The minimum absolute atomic E-state index is 0.0948. The van der Waals surface area contributed by atoms with Crippen LogP contribution in [0.5, 0.6) is 0 Å². The van der Waals surface area contributed by atoms with E-state index in [0.29, 0.717) is 5.56 Å². The molecule has 0 heterocycles. The standard InChI is InChI=1S/C15H11BrF4O/c16-10-4-5-12(13(8-10)15(18,19)20)14(21)7-9-2-1-3-11(17)6-9/h1-6,8,14,21H,7H2. The molecule has 0 spiro atoms. The quantitative estimate of drug-likeness (QED) is 0.771. The van der Waals surface area contributed by atoms with Gasteiger partial charge in [0, 0.05) is 10.9 Å². The summed E-state index contributed by atoms with van der Waals surface area (Å²) in [6.07, 6.45) is -6.03. The summed E-state index contributed by atoms with van der Waals surface area (Å²) in [6.45, 7) is 0. The Morgan fingerprint density at radius 3 is 2.43 bits per heavy atom. The molecule has 0 amide bonds. The highest BCUT2D eigenvalue weighted by Crippen LogP contribution is 2.37. The first kappa shape index (κ1) is 16.0. The van der Waals surface area contributed by atoms with Crippen LogP contribution in [0.4, 0.5) is 17.6 Å². The monoisotopic (exact) mass is 362 g/mol. The summed E-state index contributed by atoms with van der Waals surface area (Å²) in [4.78, 5) is 0. The van der Waals surface area contributed by atoms with E-state index in [-0.39, 0.29) is 16.5 Å². The zero-order valence-corrected chi connectivity index (χ0v) is 12.2. The van der Waals surface area contributed by atoms with E-state index in [1.165, 1.54) is 30.3 Å². The maximum Gasteiger partial charge on any atom is 0.416 e. The number of hydrogen-bond acceptors (Lipinski definition) is 1. The lowest BCUT2D eigenvalue weighted by Gasteiger charge is -2.18. The van der Waals surface area contributed by atoms with Crippen molar-refractivity contribution in [2.45, 2.75) is 18.7 Å². The van der Waals surface area contributed by atoms with Crippen LogP contribution in [0.15, 0.2) is 46.9 Å².